The van der Waals surface area contributed by atoms with Crippen LogP contribution in [0.1, 0.15) is 80.5 Å². The Morgan fingerprint density at radius 2 is 1.35 bits per heavy atom. The number of aliphatic hydroxyl groups excluding tert-OH is 1. The summed E-state index contributed by atoms with van der Waals surface area (Å²) in [5, 5.41) is 35.5. The smallest absolute Gasteiger partial charge is 0.336 e. The van der Waals surface area contributed by atoms with Gasteiger partial charge in [-0.15, -0.1) is 0 Å². The number of aromatic carboxylic acids is 2. The number of allylic oxidation sites excluding steroid dienone is 3. The molecule has 2 aliphatic heterocycles. The summed E-state index contributed by atoms with van der Waals surface area (Å²) in [6.45, 7) is 0.936. The predicted octanol–water partition coefficient (Wildman–Crippen LogP) is 4.58. The number of hydrogen-bond acceptors (Lipinski definition) is 7. The van der Waals surface area contributed by atoms with E-state index < -0.39 is 24.1 Å². The third-order valence-corrected chi connectivity index (χ3v) is 9.55. The van der Waals surface area contributed by atoms with Crippen LogP contribution in [0.5, 0.6) is 0 Å². The van der Waals surface area contributed by atoms with Gasteiger partial charge >= 0.3 is 11.9 Å². The molecule has 12 heteroatoms. The zero-order chi connectivity index (χ0) is 36.8. The van der Waals surface area contributed by atoms with Gasteiger partial charge in [0, 0.05) is 36.8 Å². The molecule has 0 aromatic heterocycles. The van der Waals surface area contributed by atoms with Gasteiger partial charge in [-0.05, 0) is 62.4 Å². The number of hydrogen-bond donors (Lipinski definition) is 5. The van der Waals surface area contributed by atoms with Crippen molar-refractivity contribution in [2.24, 2.45) is 5.92 Å². The maximum Gasteiger partial charge on any atom is 0.336 e. The van der Waals surface area contributed by atoms with Crippen molar-refractivity contribution in [3.8, 4) is 0 Å². The number of carbonyl (C=O) groups excluding carboxylic acids is 3. The number of rotatable bonds is 15. The Balaban J connectivity index is 1.22. The summed E-state index contributed by atoms with van der Waals surface area (Å²) in [5.74, 6) is -3.49. The molecule has 3 aliphatic rings. The molecule has 12 nitrogen and oxygen atoms in total. The van der Waals surface area contributed by atoms with Crippen LogP contribution in [-0.2, 0) is 9.59 Å². The van der Waals surface area contributed by atoms with Crippen molar-refractivity contribution >= 4 is 35.4 Å². The number of nitrogens with one attached hydrogen (secondary N) is 2. The lowest BCUT2D eigenvalue weighted by atomic mass is 9.88. The molecule has 52 heavy (non-hydrogen) atoms. The van der Waals surface area contributed by atoms with E-state index >= 15 is 0 Å². The first-order valence-electron chi connectivity index (χ1n) is 17.4. The van der Waals surface area contributed by atoms with Gasteiger partial charge in [-0.25, -0.2) is 9.59 Å². The monoisotopic (exact) mass is 704 g/mol. The lowest BCUT2D eigenvalue weighted by Crippen LogP contribution is -2.36. The van der Waals surface area contributed by atoms with E-state index in [1.165, 1.54) is 18.2 Å². The molecule has 2 heterocycles. The zero-order valence-corrected chi connectivity index (χ0v) is 28.5. The molecule has 0 saturated carbocycles. The lowest BCUT2D eigenvalue weighted by molar-refractivity contribution is -0.124. The van der Waals surface area contributed by atoms with E-state index in [1.54, 1.807) is 40.1 Å². The highest BCUT2D eigenvalue weighted by Gasteiger charge is 2.49. The summed E-state index contributed by atoms with van der Waals surface area (Å²) in [7, 11) is 0. The fourth-order valence-electron chi connectivity index (χ4n) is 7.14. The van der Waals surface area contributed by atoms with Crippen molar-refractivity contribution in [3.05, 3.63) is 136 Å². The average Bonchev–Trinajstić information content (AvgIpc) is 3.61. The van der Waals surface area contributed by atoms with Crippen molar-refractivity contribution in [2.45, 2.75) is 38.3 Å². The summed E-state index contributed by atoms with van der Waals surface area (Å²) in [6, 6.07) is 21.5. The van der Waals surface area contributed by atoms with Gasteiger partial charge in [0.1, 0.15) is 6.23 Å². The Labute approximate surface area is 300 Å². The third-order valence-electron chi connectivity index (χ3n) is 9.55. The molecule has 3 aromatic carbocycles. The van der Waals surface area contributed by atoms with Gasteiger partial charge in [0.25, 0.3) is 17.7 Å². The van der Waals surface area contributed by atoms with Gasteiger partial charge in [-0.1, -0.05) is 72.8 Å². The molecule has 1 aliphatic carbocycles. The summed E-state index contributed by atoms with van der Waals surface area (Å²) in [4.78, 5) is 68.3. The molecule has 0 fully saturated rings. The highest BCUT2D eigenvalue weighted by atomic mass is 16.4. The van der Waals surface area contributed by atoms with Crippen molar-refractivity contribution in [3.63, 3.8) is 0 Å². The van der Waals surface area contributed by atoms with E-state index in [4.69, 9.17) is 0 Å². The van der Waals surface area contributed by atoms with Gasteiger partial charge in [-0.3, -0.25) is 19.7 Å². The summed E-state index contributed by atoms with van der Waals surface area (Å²) >= 11 is 0. The van der Waals surface area contributed by atoms with Crippen LogP contribution in [0.15, 0.2) is 108 Å². The van der Waals surface area contributed by atoms with E-state index in [0.29, 0.717) is 47.4 Å². The first-order valence-corrected chi connectivity index (χ1v) is 17.4. The van der Waals surface area contributed by atoms with Crippen LogP contribution in [-0.4, -0.2) is 81.0 Å². The van der Waals surface area contributed by atoms with Crippen LogP contribution in [0.4, 0.5) is 0 Å². The van der Waals surface area contributed by atoms with Crippen LogP contribution >= 0.6 is 0 Å². The molecule has 3 aromatic rings. The summed E-state index contributed by atoms with van der Waals surface area (Å²) in [5.41, 5.74) is 2.85. The van der Waals surface area contributed by atoms with Crippen LogP contribution in [0.2, 0.25) is 0 Å². The number of carboxylic acid groups (broad SMARTS) is 2. The Morgan fingerprint density at radius 3 is 2.04 bits per heavy atom. The van der Waals surface area contributed by atoms with E-state index in [1.807, 2.05) is 30.3 Å². The van der Waals surface area contributed by atoms with Crippen molar-refractivity contribution in [1.82, 2.24) is 20.4 Å². The van der Waals surface area contributed by atoms with E-state index in [2.05, 4.69) is 22.8 Å². The van der Waals surface area contributed by atoms with Gasteiger partial charge < -0.3 is 30.4 Å². The number of nitrogens with zero attached hydrogens (tertiary/aromatic N) is 2. The van der Waals surface area contributed by atoms with Gasteiger partial charge in [0.15, 0.2) is 0 Å². The minimum absolute atomic E-state index is 0.00728. The highest BCUT2D eigenvalue weighted by molar-refractivity contribution is 6.25. The second-order valence-electron chi connectivity index (χ2n) is 12.8. The Morgan fingerprint density at radius 1 is 0.731 bits per heavy atom. The molecule has 0 bridgehead atoms. The minimum Gasteiger partial charge on any atom is -0.478 e. The molecule has 0 radical (unpaired) electrons. The quantitative estimate of drug-likeness (QED) is 0.0861. The second-order valence-corrected chi connectivity index (χ2v) is 12.8. The van der Waals surface area contributed by atoms with Crippen LogP contribution in [0, 0.1) is 5.92 Å². The third kappa shape index (κ3) is 7.30. The van der Waals surface area contributed by atoms with Crippen molar-refractivity contribution in [1.29, 1.82) is 0 Å². The topological polar surface area (TPSA) is 177 Å². The lowest BCUT2D eigenvalue weighted by Gasteiger charge is -2.30. The van der Waals surface area contributed by atoms with Crippen LogP contribution < -0.4 is 10.6 Å². The largest absolute Gasteiger partial charge is 0.478 e. The fourth-order valence-corrected chi connectivity index (χ4v) is 7.14. The van der Waals surface area contributed by atoms with E-state index in [-0.39, 0.29) is 66.2 Å². The predicted molar refractivity (Wildman–Crippen MR) is 192 cm³/mol. The van der Waals surface area contributed by atoms with Gasteiger partial charge in [0.2, 0.25) is 0 Å². The molecule has 3 amide bonds. The number of fused-ring (bicyclic) bond motifs is 1. The van der Waals surface area contributed by atoms with Crippen LogP contribution in [0.25, 0.3) is 5.70 Å². The highest BCUT2D eigenvalue weighted by Crippen LogP contribution is 2.47. The molecule has 268 valence electrons. The minimum atomic E-state index is -1.23. The SMILES string of the molecule is O=C(O)c1ccccc1C(=O)NCCCN1C(=O)C2=C(c3ccccc3)N(CCCNC(O)c3ccccc3C(=O)O)C(=O)C2=C1C1CC=CCC1. The van der Waals surface area contributed by atoms with Crippen molar-refractivity contribution < 1.29 is 39.3 Å². The molecule has 6 rings (SSSR count). The van der Waals surface area contributed by atoms with Crippen LogP contribution in [0.3, 0.4) is 0 Å². The average molecular weight is 705 g/mol. The Hall–Kier alpha value is -5.85. The van der Waals surface area contributed by atoms with Gasteiger partial charge in [-0.2, -0.15) is 0 Å². The number of amides is 3. The fraction of sp³-hybridized carbons (Fsp3) is 0.275. The van der Waals surface area contributed by atoms with E-state index in [9.17, 15) is 39.3 Å². The summed E-state index contributed by atoms with van der Waals surface area (Å²) in [6.07, 6.45) is 5.96. The van der Waals surface area contributed by atoms with Gasteiger partial charge in [0.05, 0.1) is 33.5 Å². The molecule has 5 N–H and O–H groups in total. The zero-order valence-electron chi connectivity index (χ0n) is 28.5. The first kappa shape index (κ1) is 36.0. The standard InChI is InChI=1S/C40H40N4O8/c45-35(27-17-7-9-19-29(27)39(49)50)41-21-11-23-43-33(25-13-3-1-4-14-25)31-32(38(43)48)34(26-15-5-2-6-16-26)44(37(31)47)24-12-22-42-36(46)28-18-8-10-20-30(28)40(51)52/h1-5,7-10,13-14,17-20,26,35,41,45H,6,11-12,15-16,21-24H2,(H,42,46)(H,49,50)(H,51,52). The summed E-state index contributed by atoms with van der Waals surface area (Å²) < 4.78 is 0. The first-order chi connectivity index (χ1) is 25.2. The molecule has 0 saturated heterocycles. The number of benzene rings is 3. The molecular formula is C40H40N4O8. The molecular weight excluding hydrogens is 664 g/mol. The normalized spacial score (nSPS) is 17.5. The maximum absolute atomic E-state index is 14.4. The van der Waals surface area contributed by atoms with Crippen molar-refractivity contribution in [2.75, 3.05) is 26.2 Å². The second kappa shape index (κ2) is 16.0. The number of carboxylic acids is 2. The number of carbonyl (C=O) groups is 5. The Kier molecular flexibility index (Phi) is 11.1. The number of aliphatic hydroxyl groups is 1. The Bertz CT molecular complexity index is 1990. The maximum atomic E-state index is 14.4. The van der Waals surface area contributed by atoms with E-state index in [0.717, 1.165) is 12.8 Å². The molecule has 0 spiro atoms. The molecule has 2 atom stereocenters. The molecule has 2 unspecified atom stereocenters.